The molecule has 3 rings (SSSR count). The van der Waals surface area contributed by atoms with E-state index in [1.165, 1.54) is 48.7 Å². The van der Waals surface area contributed by atoms with Crippen molar-refractivity contribution in [3.8, 4) is 0 Å². The molecule has 0 aliphatic carbocycles. The van der Waals surface area contributed by atoms with Crippen molar-refractivity contribution in [3.05, 3.63) is 83.8 Å². The summed E-state index contributed by atoms with van der Waals surface area (Å²) in [5.41, 5.74) is -0.402. The molecule has 3 aromatic rings. The van der Waals surface area contributed by atoms with Gasteiger partial charge in [-0.25, -0.2) is 9.37 Å². The van der Waals surface area contributed by atoms with Crippen LogP contribution in [-0.2, 0) is 6.18 Å². The molecule has 27 heavy (non-hydrogen) atoms. The molecule has 2 N–H and O–H groups in total. The van der Waals surface area contributed by atoms with Gasteiger partial charge in [0.1, 0.15) is 11.6 Å². The van der Waals surface area contributed by atoms with Crippen molar-refractivity contribution in [2.75, 3.05) is 10.6 Å². The highest BCUT2D eigenvalue weighted by molar-refractivity contribution is 6.07. The number of anilines is 3. The molecule has 0 aliphatic rings. The summed E-state index contributed by atoms with van der Waals surface area (Å²) in [6.07, 6.45) is -3.08. The van der Waals surface area contributed by atoms with E-state index in [1.807, 2.05) is 0 Å². The average molecular weight is 375 g/mol. The maximum absolute atomic E-state index is 13.3. The topological polar surface area (TPSA) is 54.0 Å². The van der Waals surface area contributed by atoms with E-state index in [1.54, 1.807) is 6.07 Å². The van der Waals surface area contributed by atoms with Crippen LogP contribution in [0.5, 0.6) is 0 Å². The molecule has 4 nitrogen and oxygen atoms in total. The van der Waals surface area contributed by atoms with Crippen LogP contribution in [0.4, 0.5) is 34.8 Å². The SMILES string of the molecule is O=C(Nc1cccc(C(F)(F)F)c1)c1cccnc1Nc1cccc(F)c1. The van der Waals surface area contributed by atoms with Crippen molar-refractivity contribution < 1.29 is 22.4 Å². The van der Waals surface area contributed by atoms with Gasteiger partial charge in [-0.15, -0.1) is 0 Å². The molecule has 0 saturated carbocycles. The first-order chi connectivity index (χ1) is 12.8. The summed E-state index contributed by atoms with van der Waals surface area (Å²) in [7, 11) is 0. The minimum absolute atomic E-state index is 0.00427. The van der Waals surface area contributed by atoms with Crippen molar-refractivity contribution in [2.45, 2.75) is 6.18 Å². The van der Waals surface area contributed by atoms with Crippen LogP contribution in [-0.4, -0.2) is 10.9 Å². The lowest BCUT2D eigenvalue weighted by molar-refractivity contribution is -0.137. The third-order valence-electron chi connectivity index (χ3n) is 3.59. The van der Waals surface area contributed by atoms with E-state index in [0.29, 0.717) is 5.69 Å². The lowest BCUT2D eigenvalue weighted by Gasteiger charge is -2.12. The van der Waals surface area contributed by atoms with E-state index in [0.717, 1.165) is 12.1 Å². The fourth-order valence-electron chi connectivity index (χ4n) is 2.36. The monoisotopic (exact) mass is 375 g/mol. The van der Waals surface area contributed by atoms with E-state index in [2.05, 4.69) is 15.6 Å². The van der Waals surface area contributed by atoms with Gasteiger partial charge in [0.25, 0.3) is 5.91 Å². The molecule has 0 unspecified atom stereocenters. The largest absolute Gasteiger partial charge is 0.416 e. The lowest BCUT2D eigenvalue weighted by atomic mass is 10.1. The molecule has 0 atom stereocenters. The number of aromatic nitrogens is 1. The van der Waals surface area contributed by atoms with Crippen molar-refractivity contribution in [1.29, 1.82) is 0 Å². The van der Waals surface area contributed by atoms with Gasteiger partial charge in [0, 0.05) is 17.6 Å². The molecule has 2 aromatic carbocycles. The number of carbonyl (C=O) groups excluding carboxylic acids is 1. The Balaban J connectivity index is 1.84. The van der Waals surface area contributed by atoms with Gasteiger partial charge in [-0.1, -0.05) is 12.1 Å². The van der Waals surface area contributed by atoms with Gasteiger partial charge >= 0.3 is 6.18 Å². The molecule has 1 aromatic heterocycles. The van der Waals surface area contributed by atoms with Crippen molar-refractivity contribution in [1.82, 2.24) is 4.98 Å². The van der Waals surface area contributed by atoms with Gasteiger partial charge in [-0.3, -0.25) is 4.79 Å². The van der Waals surface area contributed by atoms with Crippen LogP contribution in [0.3, 0.4) is 0 Å². The number of amides is 1. The smallest absolute Gasteiger partial charge is 0.339 e. The zero-order chi connectivity index (χ0) is 19.4. The highest BCUT2D eigenvalue weighted by Gasteiger charge is 2.30. The summed E-state index contributed by atoms with van der Waals surface area (Å²) < 4.78 is 51.7. The molecule has 1 amide bonds. The van der Waals surface area contributed by atoms with Crippen molar-refractivity contribution in [2.24, 2.45) is 0 Å². The number of pyridine rings is 1. The van der Waals surface area contributed by atoms with Gasteiger partial charge in [-0.05, 0) is 48.5 Å². The molecule has 0 spiro atoms. The summed E-state index contributed by atoms with van der Waals surface area (Å²) >= 11 is 0. The Labute approximate surface area is 151 Å². The van der Waals surface area contributed by atoms with E-state index >= 15 is 0 Å². The highest BCUT2D eigenvalue weighted by atomic mass is 19.4. The number of carbonyl (C=O) groups is 1. The van der Waals surface area contributed by atoms with Crippen molar-refractivity contribution in [3.63, 3.8) is 0 Å². The van der Waals surface area contributed by atoms with E-state index in [9.17, 15) is 22.4 Å². The molecule has 0 bridgehead atoms. The van der Waals surface area contributed by atoms with Gasteiger partial charge in [0.05, 0.1) is 11.1 Å². The van der Waals surface area contributed by atoms with Crippen LogP contribution in [0.25, 0.3) is 0 Å². The number of hydrogen-bond donors (Lipinski definition) is 2. The average Bonchev–Trinajstić information content (AvgIpc) is 2.62. The molecule has 138 valence electrons. The Kier molecular flexibility index (Phi) is 5.07. The Morgan fingerprint density at radius 2 is 1.67 bits per heavy atom. The molecule has 1 heterocycles. The van der Waals surface area contributed by atoms with E-state index in [4.69, 9.17) is 0 Å². The first-order valence-electron chi connectivity index (χ1n) is 7.79. The predicted molar refractivity (Wildman–Crippen MR) is 93.3 cm³/mol. The Morgan fingerprint density at radius 1 is 0.926 bits per heavy atom. The van der Waals surface area contributed by atoms with Crippen LogP contribution in [0, 0.1) is 5.82 Å². The third kappa shape index (κ3) is 4.60. The maximum Gasteiger partial charge on any atom is 0.416 e. The van der Waals surface area contributed by atoms with Crippen LogP contribution in [0.1, 0.15) is 15.9 Å². The molecule has 0 saturated heterocycles. The molecule has 0 fully saturated rings. The number of alkyl halides is 3. The van der Waals surface area contributed by atoms with E-state index in [-0.39, 0.29) is 17.1 Å². The molecular weight excluding hydrogens is 362 g/mol. The number of nitrogens with one attached hydrogen (secondary N) is 2. The summed E-state index contributed by atoms with van der Waals surface area (Å²) in [5.74, 6) is -0.972. The zero-order valence-corrected chi connectivity index (χ0v) is 13.7. The van der Waals surface area contributed by atoms with E-state index < -0.39 is 23.5 Å². The normalized spacial score (nSPS) is 11.1. The second-order valence-electron chi connectivity index (χ2n) is 5.57. The number of hydrogen-bond acceptors (Lipinski definition) is 3. The lowest BCUT2D eigenvalue weighted by Crippen LogP contribution is -2.15. The fourth-order valence-corrected chi connectivity index (χ4v) is 2.36. The quantitative estimate of drug-likeness (QED) is 0.614. The standard InChI is InChI=1S/C19H13F4N3O/c20-13-5-2-7-15(11-13)25-17-16(8-3-9-24-17)18(27)26-14-6-1-4-12(10-14)19(21,22)23/h1-11H,(H,24,25)(H,26,27). The maximum atomic E-state index is 13.3. The summed E-state index contributed by atoms with van der Waals surface area (Å²) in [6, 6.07) is 12.8. The fraction of sp³-hybridized carbons (Fsp3) is 0.0526. The summed E-state index contributed by atoms with van der Waals surface area (Å²) in [5, 5.41) is 5.24. The Morgan fingerprint density at radius 3 is 2.41 bits per heavy atom. The van der Waals surface area contributed by atoms with Gasteiger partial charge < -0.3 is 10.6 Å². The van der Waals surface area contributed by atoms with Gasteiger partial charge in [0.2, 0.25) is 0 Å². The summed E-state index contributed by atoms with van der Waals surface area (Å²) in [6.45, 7) is 0. The van der Waals surface area contributed by atoms with Crippen molar-refractivity contribution >= 4 is 23.1 Å². The first kappa shape index (κ1) is 18.4. The number of halogens is 4. The highest BCUT2D eigenvalue weighted by Crippen LogP contribution is 2.31. The van der Waals surface area contributed by atoms with Crippen LogP contribution in [0.2, 0.25) is 0 Å². The number of nitrogens with zero attached hydrogens (tertiary/aromatic N) is 1. The zero-order valence-electron chi connectivity index (χ0n) is 13.7. The number of benzene rings is 2. The van der Waals surface area contributed by atoms with Crippen LogP contribution < -0.4 is 10.6 Å². The molecule has 0 aliphatic heterocycles. The summed E-state index contributed by atoms with van der Waals surface area (Å²) in [4.78, 5) is 16.6. The Hall–Kier alpha value is -3.42. The minimum Gasteiger partial charge on any atom is -0.339 e. The molecule has 8 heteroatoms. The van der Waals surface area contributed by atoms with Crippen LogP contribution >= 0.6 is 0 Å². The Bertz CT molecular complexity index is 973. The van der Waals surface area contributed by atoms with Gasteiger partial charge in [-0.2, -0.15) is 13.2 Å². The predicted octanol–water partition coefficient (Wildman–Crippen LogP) is 5.24. The third-order valence-corrected chi connectivity index (χ3v) is 3.59. The first-order valence-corrected chi connectivity index (χ1v) is 7.79. The molecular formula is C19H13F4N3O. The second-order valence-corrected chi connectivity index (χ2v) is 5.57. The minimum atomic E-state index is -4.51. The molecule has 0 radical (unpaired) electrons. The van der Waals surface area contributed by atoms with Gasteiger partial charge in [0.15, 0.2) is 0 Å². The number of rotatable bonds is 4. The van der Waals surface area contributed by atoms with Crippen LogP contribution in [0.15, 0.2) is 66.9 Å². The second kappa shape index (κ2) is 7.45.